The van der Waals surface area contributed by atoms with Crippen molar-refractivity contribution in [2.45, 2.75) is 16.5 Å². The van der Waals surface area contributed by atoms with Crippen molar-refractivity contribution in [1.82, 2.24) is 4.98 Å². The number of pyridine rings is 1. The molecule has 0 saturated carbocycles. The molecule has 0 aliphatic heterocycles. The number of nitrogens with two attached hydrogens (primary N) is 1. The van der Waals surface area contributed by atoms with E-state index in [1.807, 2.05) is 18.2 Å². The molecular weight excluding hydrogens is 275 g/mol. The van der Waals surface area contributed by atoms with E-state index >= 15 is 0 Å². The Bertz CT molecular complexity index is 532. The average Bonchev–Trinajstić information content (AvgIpc) is 2.33. The molecule has 0 aliphatic rings. The Morgan fingerprint density at radius 1 is 1.24 bits per heavy atom. The van der Waals surface area contributed by atoms with Gasteiger partial charge in [0.15, 0.2) is 0 Å². The highest BCUT2D eigenvalue weighted by atomic mass is 35.5. The van der Waals surface area contributed by atoms with Crippen LogP contribution in [0.4, 0.5) is 0 Å². The molecule has 2 N–H and O–H groups in total. The normalized spacial score (nSPS) is 10.5. The lowest BCUT2D eigenvalue weighted by Gasteiger charge is -2.07. The van der Waals surface area contributed by atoms with Crippen molar-refractivity contribution in [2.75, 3.05) is 0 Å². The second-order valence-corrected chi connectivity index (χ2v) is 5.22. The molecule has 88 valence electrons. The molecule has 0 radical (unpaired) electrons. The van der Waals surface area contributed by atoms with E-state index in [-0.39, 0.29) is 0 Å². The SMILES string of the molecule is NCc1cccnc1Sc1ccc(Cl)cc1Cl. The smallest absolute Gasteiger partial charge is 0.105 e. The van der Waals surface area contributed by atoms with Crippen LogP contribution in [0.3, 0.4) is 0 Å². The summed E-state index contributed by atoms with van der Waals surface area (Å²) < 4.78 is 0. The highest BCUT2D eigenvalue weighted by Crippen LogP contribution is 2.35. The first-order valence-corrected chi connectivity index (χ1v) is 6.55. The fraction of sp³-hybridized carbons (Fsp3) is 0.0833. The fourth-order valence-electron chi connectivity index (χ4n) is 1.33. The highest BCUT2D eigenvalue weighted by Gasteiger charge is 2.07. The number of aromatic nitrogens is 1. The topological polar surface area (TPSA) is 38.9 Å². The third kappa shape index (κ3) is 3.13. The molecule has 0 unspecified atom stereocenters. The summed E-state index contributed by atoms with van der Waals surface area (Å²) in [5.74, 6) is 0. The Balaban J connectivity index is 2.31. The van der Waals surface area contributed by atoms with Gasteiger partial charge >= 0.3 is 0 Å². The summed E-state index contributed by atoms with van der Waals surface area (Å²) in [4.78, 5) is 5.22. The van der Waals surface area contributed by atoms with Crippen LogP contribution in [0, 0.1) is 0 Å². The van der Waals surface area contributed by atoms with Gasteiger partial charge in [-0.05, 0) is 29.8 Å². The molecule has 0 amide bonds. The lowest BCUT2D eigenvalue weighted by atomic mass is 10.3. The second-order valence-electron chi connectivity index (χ2n) is 3.35. The first kappa shape index (κ1) is 12.7. The fourth-order valence-corrected chi connectivity index (χ4v) is 2.75. The summed E-state index contributed by atoms with van der Waals surface area (Å²) in [6, 6.07) is 9.23. The van der Waals surface area contributed by atoms with Crippen LogP contribution in [0.1, 0.15) is 5.56 Å². The van der Waals surface area contributed by atoms with Gasteiger partial charge < -0.3 is 5.73 Å². The van der Waals surface area contributed by atoms with Gasteiger partial charge in [0.1, 0.15) is 5.03 Å². The molecule has 0 fully saturated rings. The number of nitrogens with zero attached hydrogens (tertiary/aromatic N) is 1. The molecule has 1 aromatic carbocycles. The maximum absolute atomic E-state index is 6.11. The number of rotatable bonds is 3. The maximum atomic E-state index is 6.11. The Kier molecular flexibility index (Phi) is 4.29. The molecule has 1 heterocycles. The number of hydrogen-bond donors (Lipinski definition) is 1. The Morgan fingerprint density at radius 3 is 2.76 bits per heavy atom. The van der Waals surface area contributed by atoms with Gasteiger partial charge in [0, 0.05) is 22.7 Å². The Labute approximate surface area is 114 Å². The molecule has 5 heteroatoms. The van der Waals surface area contributed by atoms with Gasteiger partial charge in [0.2, 0.25) is 0 Å². The third-order valence-corrected chi connectivity index (χ3v) is 3.97. The van der Waals surface area contributed by atoms with Crippen LogP contribution in [-0.2, 0) is 6.54 Å². The predicted molar refractivity (Wildman–Crippen MR) is 72.7 cm³/mol. The highest BCUT2D eigenvalue weighted by molar-refractivity contribution is 7.99. The number of benzene rings is 1. The van der Waals surface area contributed by atoms with Crippen LogP contribution in [0.2, 0.25) is 10.0 Å². The van der Waals surface area contributed by atoms with E-state index in [9.17, 15) is 0 Å². The van der Waals surface area contributed by atoms with Gasteiger partial charge in [-0.2, -0.15) is 0 Å². The van der Waals surface area contributed by atoms with Crippen LogP contribution in [0.25, 0.3) is 0 Å². The molecular formula is C12H10Cl2N2S. The number of hydrogen-bond acceptors (Lipinski definition) is 3. The minimum atomic E-state index is 0.460. The summed E-state index contributed by atoms with van der Waals surface area (Å²) >= 11 is 13.5. The molecule has 1 aromatic heterocycles. The Hall–Kier alpha value is -0.740. The monoisotopic (exact) mass is 284 g/mol. The summed E-state index contributed by atoms with van der Waals surface area (Å²) in [5.41, 5.74) is 6.66. The van der Waals surface area contributed by atoms with E-state index in [4.69, 9.17) is 28.9 Å². The van der Waals surface area contributed by atoms with Gasteiger partial charge in [-0.25, -0.2) is 4.98 Å². The molecule has 0 saturated heterocycles. The van der Waals surface area contributed by atoms with Crippen molar-refractivity contribution in [3.63, 3.8) is 0 Å². The van der Waals surface area contributed by atoms with E-state index in [0.717, 1.165) is 15.5 Å². The van der Waals surface area contributed by atoms with E-state index in [1.54, 1.807) is 18.3 Å². The maximum Gasteiger partial charge on any atom is 0.105 e. The molecule has 17 heavy (non-hydrogen) atoms. The van der Waals surface area contributed by atoms with Crippen molar-refractivity contribution in [2.24, 2.45) is 5.73 Å². The third-order valence-electron chi connectivity index (χ3n) is 2.17. The lowest BCUT2D eigenvalue weighted by Crippen LogP contribution is -1.99. The van der Waals surface area contributed by atoms with E-state index < -0.39 is 0 Å². The summed E-state index contributed by atoms with van der Waals surface area (Å²) in [7, 11) is 0. The standard InChI is InChI=1S/C12H10Cl2N2S/c13-9-3-4-11(10(14)6-9)17-12-8(7-15)2-1-5-16-12/h1-6H,7,15H2. The zero-order valence-electron chi connectivity index (χ0n) is 8.86. The van der Waals surface area contributed by atoms with E-state index in [1.165, 1.54) is 11.8 Å². The Morgan fingerprint density at radius 2 is 2.06 bits per heavy atom. The molecule has 0 atom stereocenters. The van der Waals surface area contributed by atoms with Crippen molar-refractivity contribution in [3.8, 4) is 0 Å². The lowest BCUT2D eigenvalue weighted by molar-refractivity contribution is 0.963. The molecule has 0 aliphatic carbocycles. The van der Waals surface area contributed by atoms with Crippen molar-refractivity contribution in [3.05, 3.63) is 52.1 Å². The summed E-state index contributed by atoms with van der Waals surface area (Å²) in [5, 5.41) is 2.12. The van der Waals surface area contributed by atoms with Gasteiger partial charge in [0.05, 0.1) is 5.02 Å². The van der Waals surface area contributed by atoms with Gasteiger partial charge in [-0.3, -0.25) is 0 Å². The quantitative estimate of drug-likeness (QED) is 0.926. The zero-order chi connectivity index (χ0) is 12.3. The minimum Gasteiger partial charge on any atom is -0.326 e. The summed E-state index contributed by atoms with van der Waals surface area (Å²) in [6.07, 6.45) is 1.74. The predicted octanol–water partition coefficient (Wildman–Crippen LogP) is 4.00. The second kappa shape index (κ2) is 5.74. The van der Waals surface area contributed by atoms with Gasteiger partial charge in [-0.15, -0.1) is 0 Å². The minimum absolute atomic E-state index is 0.460. The van der Waals surface area contributed by atoms with Gasteiger partial charge in [0.25, 0.3) is 0 Å². The molecule has 2 rings (SSSR count). The van der Waals surface area contributed by atoms with Crippen molar-refractivity contribution < 1.29 is 0 Å². The molecule has 0 spiro atoms. The molecule has 2 aromatic rings. The van der Waals surface area contributed by atoms with Gasteiger partial charge in [-0.1, -0.05) is 41.0 Å². The molecule has 2 nitrogen and oxygen atoms in total. The largest absolute Gasteiger partial charge is 0.326 e. The average molecular weight is 285 g/mol. The van der Waals surface area contributed by atoms with Crippen molar-refractivity contribution in [1.29, 1.82) is 0 Å². The van der Waals surface area contributed by atoms with E-state index in [0.29, 0.717) is 16.6 Å². The van der Waals surface area contributed by atoms with Crippen LogP contribution >= 0.6 is 35.0 Å². The van der Waals surface area contributed by atoms with Crippen molar-refractivity contribution >= 4 is 35.0 Å². The molecule has 0 bridgehead atoms. The first-order chi connectivity index (χ1) is 8.20. The first-order valence-electron chi connectivity index (χ1n) is 4.97. The number of halogens is 2. The van der Waals surface area contributed by atoms with Crippen LogP contribution in [0.5, 0.6) is 0 Å². The van der Waals surface area contributed by atoms with E-state index in [2.05, 4.69) is 4.98 Å². The van der Waals surface area contributed by atoms with Crippen LogP contribution in [-0.4, -0.2) is 4.98 Å². The van der Waals surface area contributed by atoms with Crippen LogP contribution < -0.4 is 5.73 Å². The summed E-state index contributed by atoms with van der Waals surface area (Å²) in [6.45, 7) is 0.460. The van der Waals surface area contributed by atoms with Crippen LogP contribution in [0.15, 0.2) is 46.5 Å². The zero-order valence-corrected chi connectivity index (χ0v) is 11.2.